The highest BCUT2D eigenvalue weighted by molar-refractivity contribution is 5.31. The zero-order valence-corrected chi connectivity index (χ0v) is 19.1. The molecule has 0 atom stereocenters. The van der Waals surface area contributed by atoms with Crippen molar-refractivity contribution in [2.24, 2.45) is 11.8 Å². The van der Waals surface area contributed by atoms with Gasteiger partial charge < -0.3 is 4.74 Å². The monoisotopic (exact) mass is 468 g/mol. The van der Waals surface area contributed by atoms with Crippen LogP contribution in [0.5, 0.6) is 5.75 Å². The van der Waals surface area contributed by atoms with E-state index in [0.29, 0.717) is 5.92 Å². The molecule has 0 bridgehead atoms. The lowest BCUT2D eigenvalue weighted by molar-refractivity contribution is -0.185. The van der Waals surface area contributed by atoms with Crippen LogP contribution in [0.2, 0.25) is 0 Å². The minimum Gasteiger partial charge on any atom is -0.429 e. The van der Waals surface area contributed by atoms with Crippen LogP contribution in [-0.4, -0.2) is 0 Å². The van der Waals surface area contributed by atoms with E-state index >= 15 is 0 Å². The fourth-order valence-corrected chi connectivity index (χ4v) is 4.65. The normalized spacial score (nSPS) is 19.5. The van der Waals surface area contributed by atoms with E-state index in [1.807, 2.05) is 0 Å². The van der Waals surface area contributed by atoms with E-state index in [0.717, 1.165) is 48.6 Å². The summed E-state index contributed by atoms with van der Waals surface area (Å²) in [6.07, 6.45) is 4.18. The van der Waals surface area contributed by atoms with E-state index < -0.39 is 17.8 Å². The van der Waals surface area contributed by atoms with Gasteiger partial charge in [-0.2, -0.15) is 22.0 Å². The molecule has 1 fully saturated rings. The Bertz CT molecular complexity index is 834. The lowest BCUT2D eigenvalue weighted by atomic mass is 9.78. The van der Waals surface area contributed by atoms with Crippen molar-refractivity contribution in [2.45, 2.75) is 83.4 Å². The number of benzene rings is 2. The average Bonchev–Trinajstić information content (AvgIpc) is 2.78. The quantitative estimate of drug-likeness (QED) is 0.249. The van der Waals surface area contributed by atoms with E-state index in [-0.39, 0.29) is 11.3 Å². The van der Waals surface area contributed by atoms with Crippen LogP contribution in [0.3, 0.4) is 0 Å². The van der Waals surface area contributed by atoms with Gasteiger partial charge in [-0.25, -0.2) is 0 Å². The van der Waals surface area contributed by atoms with Crippen LogP contribution in [0.4, 0.5) is 22.0 Å². The van der Waals surface area contributed by atoms with Crippen molar-refractivity contribution < 1.29 is 26.7 Å². The molecule has 1 nitrogen and oxygen atoms in total. The van der Waals surface area contributed by atoms with Crippen LogP contribution in [-0.2, 0) is 18.7 Å². The summed E-state index contributed by atoms with van der Waals surface area (Å²) in [4.78, 5) is 0. The van der Waals surface area contributed by atoms with E-state index in [1.54, 1.807) is 12.1 Å². The van der Waals surface area contributed by atoms with Gasteiger partial charge in [-0.1, -0.05) is 70.4 Å². The first-order chi connectivity index (χ1) is 15.7. The molecule has 0 aromatic heterocycles. The Labute approximate surface area is 193 Å². The van der Waals surface area contributed by atoms with E-state index in [4.69, 9.17) is 4.74 Å². The van der Waals surface area contributed by atoms with Crippen LogP contribution < -0.4 is 4.74 Å². The number of hydrogen-bond donors (Lipinski definition) is 0. The highest BCUT2D eigenvalue weighted by atomic mass is 19.4. The van der Waals surface area contributed by atoms with Crippen LogP contribution in [0.15, 0.2) is 48.5 Å². The molecule has 6 heteroatoms. The average molecular weight is 469 g/mol. The Kier molecular flexibility index (Phi) is 8.77. The van der Waals surface area contributed by atoms with Crippen molar-refractivity contribution in [1.29, 1.82) is 0 Å². The molecule has 2 aromatic rings. The van der Waals surface area contributed by atoms with Gasteiger partial charge in [-0.15, -0.1) is 0 Å². The van der Waals surface area contributed by atoms with Crippen molar-refractivity contribution >= 4 is 0 Å². The standard InChI is InChI=1S/C27H33F5O/c1-2-3-4-5-20-6-8-21(9-7-20)10-11-22-12-14-24(15-13-22)27(31,32)33-25-18-16-23(17-19-25)26(28,29)30/h12-21H,2-11H2,1H3/t20-,21-. The molecule has 1 saturated carbocycles. The number of halogens is 5. The number of hydrogen-bond acceptors (Lipinski definition) is 1. The second kappa shape index (κ2) is 11.3. The van der Waals surface area contributed by atoms with Crippen LogP contribution in [0.1, 0.15) is 81.4 Å². The highest BCUT2D eigenvalue weighted by Crippen LogP contribution is 2.36. The SMILES string of the molecule is CCCCC[C@H]1CC[C@H](CCc2ccc(C(F)(F)Oc3ccc(C(F)(F)F)cc3)cc2)CC1. The minimum absolute atomic E-state index is 0.317. The fourth-order valence-electron chi connectivity index (χ4n) is 4.65. The van der Waals surface area contributed by atoms with Crippen molar-refractivity contribution in [3.63, 3.8) is 0 Å². The summed E-state index contributed by atoms with van der Waals surface area (Å²) in [7, 11) is 0. The zero-order valence-electron chi connectivity index (χ0n) is 19.1. The number of ether oxygens (including phenoxy) is 1. The lowest BCUT2D eigenvalue weighted by Gasteiger charge is -2.28. The summed E-state index contributed by atoms with van der Waals surface area (Å²) in [5.74, 6) is 1.26. The molecule has 0 radical (unpaired) electrons. The molecule has 0 aliphatic heterocycles. The highest BCUT2D eigenvalue weighted by Gasteiger charge is 2.35. The first-order valence-electron chi connectivity index (χ1n) is 12.0. The molecule has 33 heavy (non-hydrogen) atoms. The summed E-state index contributed by atoms with van der Waals surface area (Å²) in [5.41, 5.74) is -0.222. The summed E-state index contributed by atoms with van der Waals surface area (Å²) in [5, 5.41) is 0. The van der Waals surface area contributed by atoms with Gasteiger partial charge in [0.05, 0.1) is 11.1 Å². The van der Waals surface area contributed by atoms with E-state index in [1.165, 1.54) is 63.5 Å². The molecule has 2 aromatic carbocycles. The van der Waals surface area contributed by atoms with Gasteiger partial charge in [-0.3, -0.25) is 0 Å². The first kappa shape index (κ1) is 25.5. The van der Waals surface area contributed by atoms with Gasteiger partial charge in [0.2, 0.25) is 0 Å². The maximum absolute atomic E-state index is 14.5. The van der Waals surface area contributed by atoms with Crippen LogP contribution >= 0.6 is 0 Å². The minimum atomic E-state index is -4.52. The topological polar surface area (TPSA) is 9.23 Å². The van der Waals surface area contributed by atoms with Crippen LogP contribution in [0.25, 0.3) is 0 Å². The van der Waals surface area contributed by atoms with E-state index in [2.05, 4.69) is 6.92 Å². The maximum atomic E-state index is 14.5. The fraction of sp³-hybridized carbons (Fsp3) is 0.556. The molecule has 0 unspecified atom stereocenters. The summed E-state index contributed by atoms with van der Waals surface area (Å²) < 4.78 is 71.6. The molecule has 0 amide bonds. The van der Waals surface area contributed by atoms with Crippen molar-refractivity contribution in [2.75, 3.05) is 0 Å². The van der Waals surface area contributed by atoms with Crippen molar-refractivity contribution in [3.8, 4) is 5.75 Å². The zero-order chi connectivity index (χ0) is 23.9. The molecule has 3 rings (SSSR count). The Morgan fingerprint density at radius 3 is 1.82 bits per heavy atom. The van der Waals surface area contributed by atoms with Gasteiger partial charge in [-0.05, 0) is 66.6 Å². The summed E-state index contributed by atoms with van der Waals surface area (Å²) in [6, 6.07) is 9.33. The molecule has 0 heterocycles. The second-order valence-electron chi connectivity index (χ2n) is 9.26. The number of alkyl halides is 5. The third kappa shape index (κ3) is 7.72. The Morgan fingerprint density at radius 1 is 0.727 bits per heavy atom. The maximum Gasteiger partial charge on any atom is 0.426 e. The number of unbranched alkanes of at least 4 members (excludes halogenated alkanes) is 2. The van der Waals surface area contributed by atoms with Crippen molar-refractivity contribution in [1.82, 2.24) is 0 Å². The second-order valence-corrected chi connectivity index (χ2v) is 9.26. The molecule has 1 aliphatic rings. The molecular weight excluding hydrogens is 435 g/mol. The molecule has 0 spiro atoms. The molecule has 0 saturated heterocycles. The Hall–Kier alpha value is -2.11. The Morgan fingerprint density at radius 2 is 1.27 bits per heavy atom. The van der Waals surface area contributed by atoms with Gasteiger partial charge in [0, 0.05) is 0 Å². The smallest absolute Gasteiger partial charge is 0.426 e. The van der Waals surface area contributed by atoms with Gasteiger partial charge in [0.1, 0.15) is 5.75 Å². The summed E-state index contributed by atoms with van der Waals surface area (Å²) >= 11 is 0. The predicted molar refractivity (Wildman–Crippen MR) is 120 cm³/mol. The van der Waals surface area contributed by atoms with Gasteiger partial charge >= 0.3 is 12.3 Å². The van der Waals surface area contributed by atoms with Crippen LogP contribution in [0, 0.1) is 11.8 Å². The third-order valence-electron chi connectivity index (χ3n) is 6.74. The number of aryl methyl sites for hydroxylation is 1. The largest absolute Gasteiger partial charge is 0.429 e. The molecule has 1 aliphatic carbocycles. The summed E-state index contributed by atoms with van der Waals surface area (Å²) in [6.45, 7) is 2.23. The van der Waals surface area contributed by atoms with Gasteiger partial charge in [0.15, 0.2) is 0 Å². The number of rotatable bonds is 10. The van der Waals surface area contributed by atoms with Gasteiger partial charge in [0.25, 0.3) is 0 Å². The predicted octanol–water partition coefficient (Wildman–Crippen LogP) is 9.15. The third-order valence-corrected chi connectivity index (χ3v) is 6.74. The lowest BCUT2D eigenvalue weighted by Crippen LogP contribution is -2.22. The van der Waals surface area contributed by atoms with E-state index in [9.17, 15) is 22.0 Å². The molecular formula is C27H33F5O. The Balaban J connectivity index is 1.47. The molecule has 0 N–H and O–H groups in total. The first-order valence-corrected chi connectivity index (χ1v) is 12.0. The molecule has 182 valence electrons. The van der Waals surface area contributed by atoms with Crippen molar-refractivity contribution in [3.05, 3.63) is 65.2 Å².